The first-order chi connectivity index (χ1) is 13.2. The maximum Gasteiger partial charge on any atom is 0.270 e. The monoisotopic (exact) mass is 362 g/mol. The molecule has 0 atom stereocenters. The maximum atomic E-state index is 12.9. The van der Waals surface area contributed by atoms with Crippen molar-refractivity contribution in [2.45, 2.75) is 0 Å². The summed E-state index contributed by atoms with van der Waals surface area (Å²) in [6, 6.07) is 19.0. The van der Waals surface area contributed by atoms with Crippen molar-refractivity contribution >= 4 is 24.0 Å². The van der Waals surface area contributed by atoms with Gasteiger partial charge in [0.25, 0.3) is 5.91 Å². The normalized spacial score (nSPS) is 15.0. The molecule has 0 saturated carbocycles. The number of morpholine rings is 1. The highest BCUT2D eigenvalue weighted by Crippen LogP contribution is 2.10. The molecule has 27 heavy (non-hydrogen) atoms. The Morgan fingerprint density at radius 2 is 1.48 bits per heavy atom. The second-order valence-electron chi connectivity index (χ2n) is 6.11. The minimum atomic E-state index is -0.345. The van der Waals surface area contributed by atoms with E-state index in [1.54, 1.807) is 17.1 Å². The molecule has 1 fully saturated rings. The van der Waals surface area contributed by atoms with Gasteiger partial charge in [0.1, 0.15) is 5.70 Å². The van der Waals surface area contributed by atoms with Gasteiger partial charge >= 0.3 is 0 Å². The number of hydrogen-bond donors (Lipinski definition) is 1. The summed E-state index contributed by atoms with van der Waals surface area (Å²) < 4.78 is 5.30. The molecule has 0 aliphatic carbocycles. The average Bonchev–Trinajstić information content (AvgIpc) is 2.73. The summed E-state index contributed by atoms with van der Waals surface area (Å²) >= 11 is 0. The molecule has 0 radical (unpaired) electrons. The summed E-state index contributed by atoms with van der Waals surface area (Å²) in [4.78, 5) is 26.9. The van der Waals surface area contributed by atoms with Gasteiger partial charge in [0.15, 0.2) is 0 Å². The molecule has 3 rings (SSSR count). The third kappa shape index (κ3) is 5.66. The topological polar surface area (TPSA) is 58.6 Å². The van der Waals surface area contributed by atoms with Crippen molar-refractivity contribution in [2.24, 2.45) is 0 Å². The highest BCUT2D eigenvalue weighted by Gasteiger charge is 2.21. The molecular formula is C22H22N2O3. The summed E-state index contributed by atoms with van der Waals surface area (Å²) in [5.41, 5.74) is 2.02. The zero-order valence-electron chi connectivity index (χ0n) is 15.0. The van der Waals surface area contributed by atoms with Crippen molar-refractivity contribution in [2.75, 3.05) is 26.3 Å². The van der Waals surface area contributed by atoms with Crippen LogP contribution in [0.5, 0.6) is 0 Å². The molecule has 2 amide bonds. The van der Waals surface area contributed by atoms with Crippen molar-refractivity contribution in [3.8, 4) is 0 Å². The summed E-state index contributed by atoms with van der Waals surface area (Å²) in [7, 11) is 0. The number of amides is 2. The van der Waals surface area contributed by atoms with Gasteiger partial charge in [0.05, 0.1) is 13.2 Å². The fraction of sp³-hybridized carbons (Fsp3) is 0.182. The molecule has 0 aromatic heterocycles. The molecule has 1 heterocycles. The highest BCUT2D eigenvalue weighted by molar-refractivity contribution is 6.04. The number of ether oxygens (including phenoxy) is 1. The van der Waals surface area contributed by atoms with Crippen LogP contribution in [0.15, 0.2) is 72.4 Å². The Morgan fingerprint density at radius 1 is 0.889 bits per heavy atom. The van der Waals surface area contributed by atoms with Gasteiger partial charge in [-0.05, 0) is 23.3 Å². The molecule has 2 aromatic rings. The van der Waals surface area contributed by atoms with E-state index in [1.807, 2.05) is 60.7 Å². The van der Waals surface area contributed by atoms with Crippen LogP contribution in [-0.2, 0) is 14.3 Å². The van der Waals surface area contributed by atoms with E-state index >= 15 is 0 Å². The van der Waals surface area contributed by atoms with E-state index < -0.39 is 0 Å². The van der Waals surface area contributed by atoms with Gasteiger partial charge in [-0.25, -0.2) is 0 Å². The van der Waals surface area contributed by atoms with Gasteiger partial charge in [-0.3, -0.25) is 9.59 Å². The van der Waals surface area contributed by atoms with Crippen LogP contribution in [0.4, 0.5) is 0 Å². The van der Waals surface area contributed by atoms with Gasteiger partial charge < -0.3 is 15.0 Å². The molecule has 1 N–H and O–H groups in total. The zero-order valence-corrected chi connectivity index (χ0v) is 15.0. The maximum absolute atomic E-state index is 12.9. The lowest BCUT2D eigenvalue weighted by Gasteiger charge is -2.27. The highest BCUT2D eigenvalue weighted by atomic mass is 16.5. The molecule has 0 unspecified atom stereocenters. The molecular weight excluding hydrogens is 340 g/mol. The van der Waals surface area contributed by atoms with Crippen LogP contribution in [0, 0.1) is 0 Å². The Hall–Kier alpha value is -3.18. The molecule has 0 spiro atoms. The molecule has 2 aromatic carbocycles. The first-order valence-corrected chi connectivity index (χ1v) is 8.90. The van der Waals surface area contributed by atoms with E-state index in [0.717, 1.165) is 11.1 Å². The average molecular weight is 362 g/mol. The second kappa shape index (κ2) is 9.50. The smallest absolute Gasteiger partial charge is 0.270 e. The summed E-state index contributed by atoms with van der Waals surface area (Å²) in [5, 5.41) is 2.74. The summed E-state index contributed by atoms with van der Waals surface area (Å²) in [6.07, 6.45) is 4.85. The number of hydrogen-bond acceptors (Lipinski definition) is 3. The SMILES string of the molecule is O=C(/C=C/c1ccccc1)NC(=Cc1ccccc1)C(=O)N1CCOCC1. The van der Waals surface area contributed by atoms with Gasteiger partial charge in [0.2, 0.25) is 5.91 Å². The van der Waals surface area contributed by atoms with Crippen molar-refractivity contribution in [3.63, 3.8) is 0 Å². The van der Waals surface area contributed by atoms with Crippen LogP contribution in [0.2, 0.25) is 0 Å². The Balaban J connectivity index is 1.77. The summed E-state index contributed by atoms with van der Waals surface area (Å²) in [5.74, 6) is -0.550. The molecule has 5 heteroatoms. The lowest BCUT2D eigenvalue weighted by molar-refractivity contribution is -0.132. The lowest BCUT2D eigenvalue weighted by atomic mass is 10.1. The van der Waals surface area contributed by atoms with E-state index in [2.05, 4.69) is 5.32 Å². The molecule has 138 valence electrons. The third-order valence-electron chi connectivity index (χ3n) is 4.12. The predicted octanol–water partition coefficient (Wildman–Crippen LogP) is 2.72. The predicted molar refractivity (Wildman–Crippen MR) is 105 cm³/mol. The van der Waals surface area contributed by atoms with E-state index in [-0.39, 0.29) is 17.5 Å². The molecule has 0 bridgehead atoms. The third-order valence-corrected chi connectivity index (χ3v) is 4.12. The van der Waals surface area contributed by atoms with E-state index in [1.165, 1.54) is 6.08 Å². The van der Waals surface area contributed by atoms with Crippen molar-refractivity contribution in [1.82, 2.24) is 10.2 Å². The fourth-order valence-corrected chi connectivity index (χ4v) is 2.71. The van der Waals surface area contributed by atoms with E-state index in [0.29, 0.717) is 26.3 Å². The summed E-state index contributed by atoms with van der Waals surface area (Å²) in [6.45, 7) is 2.04. The largest absolute Gasteiger partial charge is 0.378 e. The van der Waals surface area contributed by atoms with Crippen LogP contribution in [0.1, 0.15) is 11.1 Å². The number of carbonyl (C=O) groups excluding carboxylic acids is 2. The minimum absolute atomic E-state index is 0.205. The second-order valence-corrected chi connectivity index (χ2v) is 6.11. The molecule has 1 aliphatic heterocycles. The first kappa shape index (κ1) is 18.6. The van der Waals surface area contributed by atoms with E-state index in [9.17, 15) is 9.59 Å². The molecule has 1 saturated heterocycles. The Labute approximate surface area is 158 Å². The van der Waals surface area contributed by atoms with Crippen molar-refractivity contribution in [1.29, 1.82) is 0 Å². The van der Waals surface area contributed by atoms with Crippen LogP contribution in [0.3, 0.4) is 0 Å². The quantitative estimate of drug-likeness (QED) is 0.832. The van der Waals surface area contributed by atoms with Crippen LogP contribution in [0.25, 0.3) is 12.2 Å². The Morgan fingerprint density at radius 3 is 2.11 bits per heavy atom. The van der Waals surface area contributed by atoms with Gasteiger partial charge in [0, 0.05) is 19.2 Å². The number of benzene rings is 2. The molecule has 1 aliphatic rings. The number of nitrogens with one attached hydrogen (secondary N) is 1. The Bertz CT molecular complexity index is 823. The number of rotatable bonds is 5. The van der Waals surface area contributed by atoms with Crippen molar-refractivity contribution in [3.05, 3.63) is 83.6 Å². The van der Waals surface area contributed by atoms with Crippen LogP contribution < -0.4 is 5.32 Å². The van der Waals surface area contributed by atoms with Crippen LogP contribution in [-0.4, -0.2) is 43.0 Å². The van der Waals surface area contributed by atoms with Gasteiger partial charge in [-0.15, -0.1) is 0 Å². The minimum Gasteiger partial charge on any atom is -0.378 e. The number of nitrogens with zero attached hydrogens (tertiary/aromatic N) is 1. The zero-order chi connectivity index (χ0) is 18.9. The van der Waals surface area contributed by atoms with Gasteiger partial charge in [-0.2, -0.15) is 0 Å². The van der Waals surface area contributed by atoms with Gasteiger partial charge in [-0.1, -0.05) is 60.7 Å². The lowest BCUT2D eigenvalue weighted by Crippen LogP contribution is -2.44. The van der Waals surface area contributed by atoms with Crippen LogP contribution >= 0.6 is 0 Å². The standard InChI is InChI=1S/C22H22N2O3/c25-21(12-11-18-7-3-1-4-8-18)23-20(17-19-9-5-2-6-10-19)22(26)24-13-15-27-16-14-24/h1-12,17H,13-16H2,(H,23,25)/b12-11+,20-17?. The van der Waals surface area contributed by atoms with E-state index in [4.69, 9.17) is 4.74 Å². The van der Waals surface area contributed by atoms with Crippen molar-refractivity contribution < 1.29 is 14.3 Å². The molecule has 5 nitrogen and oxygen atoms in total. The Kier molecular flexibility index (Phi) is 6.55. The first-order valence-electron chi connectivity index (χ1n) is 8.90. The fourth-order valence-electron chi connectivity index (χ4n) is 2.71. The number of carbonyl (C=O) groups is 2.